The molecule has 1 aromatic carbocycles. The van der Waals surface area contributed by atoms with Crippen molar-refractivity contribution in [1.82, 2.24) is 14.9 Å². The minimum Gasteiger partial charge on any atom is -0.408 e. The van der Waals surface area contributed by atoms with Gasteiger partial charge in [-0.3, -0.25) is 0 Å². The Morgan fingerprint density at radius 1 is 1.18 bits per heavy atom. The summed E-state index contributed by atoms with van der Waals surface area (Å²) in [5.41, 5.74) is 11.1. The Morgan fingerprint density at radius 3 is 2.68 bits per heavy atom. The van der Waals surface area contributed by atoms with Gasteiger partial charge in [0.25, 0.3) is 0 Å². The van der Waals surface area contributed by atoms with Gasteiger partial charge in [-0.15, -0.1) is 0 Å². The highest BCUT2D eigenvalue weighted by Crippen LogP contribution is 2.27. The summed E-state index contributed by atoms with van der Waals surface area (Å²) in [6.45, 7) is 3.99. The maximum atomic E-state index is 9.06. The first kappa shape index (κ1) is 24.0. The molecule has 2 aliphatic rings. The van der Waals surface area contributed by atoms with Gasteiger partial charge in [0.15, 0.2) is 11.6 Å². The van der Waals surface area contributed by atoms with E-state index in [1.165, 1.54) is 56.9 Å². The molecule has 3 heterocycles. The Bertz CT molecular complexity index is 1040. The molecule has 1 fully saturated rings. The van der Waals surface area contributed by atoms with Crippen molar-refractivity contribution in [3.63, 3.8) is 0 Å². The van der Waals surface area contributed by atoms with Crippen LogP contribution in [0, 0.1) is 0 Å². The third-order valence-electron chi connectivity index (χ3n) is 6.86. The smallest absolute Gasteiger partial charge is 0.233 e. The third kappa shape index (κ3) is 5.48. The molecule has 8 heteroatoms. The molecule has 2 aromatic rings. The third-order valence-corrected chi connectivity index (χ3v) is 6.86. The fourth-order valence-corrected chi connectivity index (χ4v) is 5.00. The van der Waals surface area contributed by atoms with Gasteiger partial charge in [0.05, 0.1) is 12.2 Å². The molecule has 0 radical (unpaired) electrons. The number of nitrogens with two attached hydrogens (primary N) is 1. The second-order valence-corrected chi connectivity index (χ2v) is 9.25. The Labute approximate surface area is 202 Å². The zero-order chi connectivity index (χ0) is 23.8. The Balaban J connectivity index is 1.42. The maximum absolute atomic E-state index is 9.06. The number of unbranched alkanes of at least 4 members (excludes halogenated alkanes) is 7. The first-order valence-electron chi connectivity index (χ1n) is 12.8. The first-order chi connectivity index (χ1) is 16.7. The van der Waals surface area contributed by atoms with Gasteiger partial charge in [0.1, 0.15) is 0 Å². The van der Waals surface area contributed by atoms with E-state index in [-0.39, 0.29) is 12.0 Å². The second kappa shape index (κ2) is 11.8. The van der Waals surface area contributed by atoms with Crippen LogP contribution in [0.2, 0.25) is 0 Å². The van der Waals surface area contributed by atoms with Crippen LogP contribution in [-0.2, 0) is 11.4 Å². The molecule has 2 aliphatic heterocycles. The van der Waals surface area contributed by atoms with E-state index in [4.69, 9.17) is 15.8 Å². The first-order valence-corrected chi connectivity index (χ1v) is 12.8. The van der Waals surface area contributed by atoms with E-state index >= 15 is 0 Å². The van der Waals surface area contributed by atoms with E-state index in [0.29, 0.717) is 11.6 Å². The van der Waals surface area contributed by atoms with E-state index in [2.05, 4.69) is 57.6 Å². The van der Waals surface area contributed by atoms with Gasteiger partial charge in [-0.05, 0) is 25.3 Å². The molecule has 1 saturated heterocycles. The highest BCUT2D eigenvalue weighted by molar-refractivity contribution is 6.09. The van der Waals surface area contributed by atoms with Crippen LogP contribution in [-0.4, -0.2) is 39.1 Å². The summed E-state index contributed by atoms with van der Waals surface area (Å²) in [4.78, 5) is 12.4. The number of aryl methyl sites for hydroxylation is 1. The average Bonchev–Trinajstić information content (AvgIpc) is 3.51. The zero-order valence-electron chi connectivity index (χ0n) is 20.2. The number of hydrogen-bond donors (Lipinski definition) is 3. The van der Waals surface area contributed by atoms with E-state index in [0.717, 1.165) is 36.9 Å². The molecule has 34 heavy (non-hydrogen) atoms. The number of guanidine groups is 1. The van der Waals surface area contributed by atoms with Gasteiger partial charge in [-0.1, -0.05) is 75.2 Å². The summed E-state index contributed by atoms with van der Waals surface area (Å²) < 4.78 is 2.34. The van der Waals surface area contributed by atoms with Crippen LogP contribution in [0.1, 0.15) is 76.7 Å². The van der Waals surface area contributed by atoms with Crippen molar-refractivity contribution in [3.05, 3.63) is 48.0 Å². The van der Waals surface area contributed by atoms with Crippen LogP contribution >= 0.6 is 0 Å². The topological polar surface area (TPSA) is 100 Å². The maximum Gasteiger partial charge on any atom is 0.233 e. The number of oxime groups is 1. The number of aromatic nitrogens is 1. The fourth-order valence-electron chi connectivity index (χ4n) is 5.00. The van der Waals surface area contributed by atoms with Crippen molar-refractivity contribution >= 4 is 22.7 Å². The number of benzene rings is 1. The number of nitrogens with one attached hydrogen (secondary N) is 1. The van der Waals surface area contributed by atoms with E-state index in [9.17, 15) is 0 Å². The lowest BCUT2D eigenvalue weighted by Crippen LogP contribution is -2.43. The number of hydrogen-bond acceptors (Lipinski definition) is 5. The highest BCUT2D eigenvalue weighted by atomic mass is 16.7. The zero-order valence-corrected chi connectivity index (χ0v) is 20.2. The standard InChI is InChI=1S/C26H38N6O2/c1-2-3-4-5-6-7-8-11-16-31-19-21(20-13-9-10-14-22(20)31)25-28-18-24(34-30-25)23-15-12-17-32(23)26(27)29-33/h9-10,13-14,18-19,23,33H,2-8,11-12,15-17H2,1H3,(H2,27,29)(H,28,30)/t23-/m0/s1. The molecule has 1 aromatic heterocycles. The van der Waals surface area contributed by atoms with E-state index < -0.39 is 0 Å². The number of rotatable bonds is 11. The van der Waals surface area contributed by atoms with Gasteiger partial charge < -0.3 is 25.2 Å². The molecule has 1 atom stereocenters. The second-order valence-electron chi connectivity index (χ2n) is 9.25. The molecule has 0 spiro atoms. The van der Waals surface area contributed by atoms with Crippen molar-refractivity contribution in [2.45, 2.75) is 83.7 Å². The predicted molar refractivity (Wildman–Crippen MR) is 137 cm³/mol. The molecule has 4 rings (SSSR count). The predicted octanol–water partition coefficient (Wildman–Crippen LogP) is 5.07. The molecule has 0 unspecified atom stereocenters. The number of likely N-dealkylation sites (tertiary alicyclic amines) is 1. The molecular formula is C26H38N6O2. The largest absolute Gasteiger partial charge is 0.408 e. The van der Waals surface area contributed by atoms with Gasteiger partial charge >= 0.3 is 0 Å². The molecule has 8 nitrogen and oxygen atoms in total. The van der Waals surface area contributed by atoms with Crippen molar-refractivity contribution in [2.75, 3.05) is 6.54 Å². The van der Waals surface area contributed by atoms with E-state index in [1.54, 1.807) is 6.20 Å². The van der Waals surface area contributed by atoms with Crippen LogP contribution in [0.4, 0.5) is 0 Å². The monoisotopic (exact) mass is 466 g/mol. The lowest BCUT2D eigenvalue weighted by molar-refractivity contribution is 0.119. The summed E-state index contributed by atoms with van der Waals surface area (Å²) >= 11 is 0. The SMILES string of the molecule is CCCCCCCCCCn1cc(C2=NC=C([C@@H]3CCCN3/C(N)=N/O)ON2)c2ccccc21. The fraction of sp³-hybridized carbons (Fsp3) is 0.538. The molecule has 184 valence electrons. The number of para-hydroxylation sites is 1. The summed E-state index contributed by atoms with van der Waals surface area (Å²) in [5, 5.41) is 13.4. The molecular weight excluding hydrogens is 428 g/mol. The Morgan fingerprint density at radius 2 is 1.94 bits per heavy atom. The number of aliphatic imine (C=N–C) groups is 1. The van der Waals surface area contributed by atoms with Crippen molar-refractivity contribution in [2.24, 2.45) is 15.9 Å². The number of amidine groups is 1. The highest BCUT2D eigenvalue weighted by Gasteiger charge is 2.32. The Hall–Kier alpha value is -3.16. The van der Waals surface area contributed by atoms with Crippen LogP contribution in [0.3, 0.4) is 0 Å². The lowest BCUT2D eigenvalue weighted by atomic mass is 10.1. The normalized spacial score (nSPS) is 18.6. The molecule has 0 amide bonds. The Kier molecular flexibility index (Phi) is 8.33. The lowest BCUT2D eigenvalue weighted by Gasteiger charge is -2.27. The summed E-state index contributed by atoms with van der Waals surface area (Å²) in [6, 6.07) is 8.36. The van der Waals surface area contributed by atoms with Crippen LogP contribution in [0.15, 0.2) is 52.6 Å². The molecule has 4 N–H and O–H groups in total. The van der Waals surface area contributed by atoms with Crippen molar-refractivity contribution in [1.29, 1.82) is 0 Å². The summed E-state index contributed by atoms with van der Waals surface area (Å²) in [5.74, 6) is 1.48. The molecule has 0 bridgehead atoms. The van der Waals surface area contributed by atoms with Gasteiger partial charge in [0, 0.05) is 35.8 Å². The summed E-state index contributed by atoms with van der Waals surface area (Å²) in [7, 11) is 0. The average molecular weight is 467 g/mol. The summed E-state index contributed by atoms with van der Waals surface area (Å²) in [6.07, 6.45) is 16.3. The minimum atomic E-state index is -0.0861. The van der Waals surface area contributed by atoms with Crippen molar-refractivity contribution in [3.8, 4) is 0 Å². The number of fused-ring (bicyclic) bond motifs is 1. The minimum absolute atomic E-state index is 0.0861. The number of nitrogens with zero attached hydrogens (tertiary/aromatic N) is 4. The quantitative estimate of drug-likeness (QED) is 0.141. The van der Waals surface area contributed by atoms with Crippen LogP contribution in [0.5, 0.6) is 0 Å². The van der Waals surface area contributed by atoms with Crippen LogP contribution < -0.4 is 11.2 Å². The molecule has 0 aliphatic carbocycles. The van der Waals surface area contributed by atoms with E-state index in [1.807, 2.05) is 4.90 Å². The number of hydroxylamine groups is 1. The van der Waals surface area contributed by atoms with Crippen LogP contribution in [0.25, 0.3) is 10.9 Å². The molecule has 0 saturated carbocycles. The van der Waals surface area contributed by atoms with Gasteiger partial charge in [-0.25, -0.2) is 10.5 Å². The van der Waals surface area contributed by atoms with Gasteiger partial charge in [-0.2, -0.15) is 0 Å². The van der Waals surface area contributed by atoms with Gasteiger partial charge in [0.2, 0.25) is 5.96 Å². The van der Waals surface area contributed by atoms with Crippen molar-refractivity contribution < 1.29 is 10.0 Å².